The summed E-state index contributed by atoms with van der Waals surface area (Å²) in [6.45, 7) is 8.72. The Labute approximate surface area is 109 Å². The molecule has 1 aromatic heterocycles. The van der Waals surface area contributed by atoms with Gasteiger partial charge in [0.15, 0.2) is 0 Å². The highest BCUT2D eigenvalue weighted by Crippen LogP contribution is 2.33. The molecule has 98 valence electrons. The first-order valence-corrected chi connectivity index (χ1v) is 6.98. The molecular formula is C15H23N3. The topological polar surface area (TPSA) is 31.1 Å². The number of rotatable bonds is 4. The number of aryl methyl sites for hydroxylation is 2. The van der Waals surface area contributed by atoms with Crippen molar-refractivity contribution >= 4 is 0 Å². The van der Waals surface area contributed by atoms with Gasteiger partial charge in [-0.2, -0.15) is 0 Å². The van der Waals surface area contributed by atoms with E-state index in [-0.39, 0.29) is 0 Å². The molecule has 18 heavy (non-hydrogen) atoms. The van der Waals surface area contributed by atoms with Crippen molar-refractivity contribution in [3.8, 4) is 0 Å². The number of aromatic amines is 1. The van der Waals surface area contributed by atoms with Crippen LogP contribution in [0.25, 0.3) is 0 Å². The van der Waals surface area contributed by atoms with Gasteiger partial charge in [0.2, 0.25) is 0 Å². The third kappa shape index (κ3) is 2.02. The van der Waals surface area contributed by atoms with Crippen molar-refractivity contribution in [2.45, 2.75) is 38.8 Å². The average Bonchev–Trinajstić information content (AvgIpc) is 2.93. The molecule has 0 radical (unpaired) electrons. The summed E-state index contributed by atoms with van der Waals surface area (Å²) in [6.07, 6.45) is 7.39. The molecule has 3 heterocycles. The van der Waals surface area contributed by atoms with E-state index in [1.54, 1.807) is 0 Å². The first kappa shape index (κ1) is 12.0. The molecule has 1 saturated heterocycles. The van der Waals surface area contributed by atoms with Gasteiger partial charge in [0.1, 0.15) is 0 Å². The lowest BCUT2D eigenvalue weighted by molar-refractivity contribution is 0.218. The molecule has 0 aromatic carbocycles. The van der Waals surface area contributed by atoms with Crippen LogP contribution in [0.3, 0.4) is 0 Å². The van der Waals surface area contributed by atoms with Crippen molar-refractivity contribution in [1.82, 2.24) is 15.2 Å². The average molecular weight is 245 g/mol. The van der Waals surface area contributed by atoms with Crippen LogP contribution in [0.15, 0.2) is 18.2 Å². The molecule has 2 N–H and O–H groups in total. The van der Waals surface area contributed by atoms with Gasteiger partial charge in [0, 0.05) is 31.0 Å². The van der Waals surface area contributed by atoms with Gasteiger partial charge in [-0.25, -0.2) is 0 Å². The maximum Gasteiger partial charge on any atom is 0.0520 e. The monoisotopic (exact) mass is 245 g/mol. The van der Waals surface area contributed by atoms with Crippen molar-refractivity contribution in [3.63, 3.8) is 0 Å². The highest BCUT2D eigenvalue weighted by molar-refractivity contribution is 5.24. The van der Waals surface area contributed by atoms with E-state index in [1.807, 2.05) is 0 Å². The number of hydrogen-bond acceptors (Lipinski definition) is 2. The van der Waals surface area contributed by atoms with E-state index >= 15 is 0 Å². The smallest absolute Gasteiger partial charge is 0.0520 e. The summed E-state index contributed by atoms with van der Waals surface area (Å²) < 4.78 is 0. The summed E-state index contributed by atoms with van der Waals surface area (Å²) in [4.78, 5) is 5.97. The van der Waals surface area contributed by atoms with E-state index in [4.69, 9.17) is 0 Å². The number of hydrogen-bond donors (Lipinski definition) is 2. The predicted molar refractivity (Wildman–Crippen MR) is 74.7 cm³/mol. The van der Waals surface area contributed by atoms with Crippen molar-refractivity contribution in [2.24, 2.45) is 0 Å². The van der Waals surface area contributed by atoms with Crippen LogP contribution in [0.4, 0.5) is 0 Å². The van der Waals surface area contributed by atoms with Gasteiger partial charge < -0.3 is 10.3 Å². The third-order valence-electron chi connectivity index (χ3n) is 4.43. The molecule has 0 spiro atoms. The molecule has 3 rings (SSSR count). The van der Waals surface area contributed by atoms with Crippen LogP contribution >= 0.6 is 0 Å². The Balaban J connectivity index is 1.59. The van der Waals surface area contributed by atoms with E-state index in [0.717, 1.165) is 19.6 Å². The Kier molecular flexibility index (Phi) is 3.04. The summed E-state index contributed by atoms with van der Waals surface area (Å²) in [5.41, 5.74) is 4.27. The largest absolute Gasteiger partial charge is 0.362 e. The molecule has 2 aliphatic rings. The van der Waals surface area contributed by atoms with Crippen LogP contribution in [0.2, 0.25) is 0 Å². The maximum absolute atomic E-state index is 3.65. The molecule has 1 unspecified atom stereocenters. The van der Waals surface area contributed by atoms with Gasteiger partial charge in [-0.15, -0.1) is 0 Å². The first-order valence-electron chi connectivity index (χ1n) is 6.98. The second-order valence-electron chi connectivity index (χ2n) is 5.76. The van der Waals surface area contributed by atoms with Crippen molar-refractivity contribution in [3.05, 3.63) is 35.2 Å². The van der Waals surface area contributed by atoms with Crippen LogP contribution in [0.5, 0.6) is 0 Å². The zero-order chi connectivity index (χ0) is 12.6. The molecular weight excluding hydrogens is 222 g/mol. The Morgan fingerprint density at radius 2 is 2.33 bits per heavy atom. The fourth-order valence-electron chi connectivity index (χ4n) is 3.46. The lowest BCUT2D eigenvalue weighted by Gasteiger charge is -2.31. The van der Waals surface area contributed by atoms with Crippen molar-refractivity contribution < 1.29 is 0 Å². The Morgan fingerprint density at radius 1 is 1.44 bits per heavy atom. The molecule has 3 nitrogen and oxygen atoms in total. The second-order valence-corrected chi connectivity index (χ2v) is 5.76. The normalized spacial score (nSPS) is 27.0. The minimum atomic E-state index is 0.319. The summed E-state index contributed by atoms with van der Waals surface area (Å²) in [5, 5.41) is 3.65. The summed E-state index contributed by atoms with van der Waals surface area (Å²) >= 11 is 0. The molecule has 3 heteroatoms. The van der Waals surface area contributed by atoms with Gasteiger partial charge in [-0.3, -0.25) is 4.90 Å². The summed E-state index contributed by atoms with van der Waals surface area (Å²) in [7, 11) is 0. The van der Waals surface area contributed by atoms with Crippen LogP contribution in [-0.4, -0.2) is 35.1 Å². The zero-order valence-electron chi connectivity index (χ0n) is 11.4. The van der Waals surface area contributed by atoms with Crippen molar-refractivity contribution in [1.29, 1.82) is 0 Å². The maximum atomic E-state index is 3.65. The van der Waals surface area contributed by atoms with Crippen LogP contribution < -0.4 is 5.32 Å². The number of fused-ring (bicyclic) bond motifs is 1. The minimum absolute atomic E-state index is 0.319. The standard InChI is InChI=1S/C15H23N3/c1-12-9-14(13(2)17-12)10-16-11-15-5-3-7-18(15)8-4-6-15/h3,5,9,16-17H,4,6-8,10-11H2,1-2H3. The lowest BCUT2D eigenvalue weighted by atomic mass is 9.97. The lowest BCUT2D eigenvalue weighted by Crippen LogP contribution is -2.46. The minimum Gasteiger partial charge on any atom is -0.362 e. The predicted octanol–water partition coefficient (Wildman–Crippen LogP) is 2.13. The Hall–Kier alpha value is -1.06. The van der Waals surface area contributed by atoms with Crippen molar-refractivity contribution in [2.75, 3.05) is 19.6 Å². The van der Waals surface area contributed by atoms with Gasteiger partial charge in [0.25, 0.3) is 0 Å². The van der Waals surface area contributed by atoms with Crippen LogP contribution in [0, 0.1) is 13.8 Å². The van der Waals surface area contributed by atoms with Gasteiger partial charge >= 0.3 is 0 Å². The van der Waals surface area contributed by atoms with E-state index in [2.05, 4.69) is 47.3 Å². The fraction of sp³-hybridized carbons (Fsp3) is 0.600. The van der Waals surface area contributed by atoms with E-state index < -0.39 is 0 Å². The van der Waals surface area contributed by atoms with E-state index in [9.17, 15) is 0 Å². The molecule has 0 amide bonds. The highest BCUT2D eigenvalue weighted by Gasteiger charge is 2.40. The number of nitrogens with zero attached hydrogens (tertiary/aromatic N) is 1. The quantitative estimate of drug-likeness (QED) is 0.796. The van der Waals surface area contributed by atoms with Gasteiger partial charge in [0.05, 0.1) is 5.54 Å². The molecule has 1 aromatic rings. The SMILES string of the molecule is Cc1cc(CNCC23C=CCN2CCC3)c(C)[nH]1. The number of aromatic nitrogens is 1. The first-order chi connectivity index (χ1) is 8.70. The Bertz CT molecular complexity index is 460. The molecule has 1 atom stereocenters. The molecule has 0 aliphatic carbocycles. The summed E-state index contributed by atoms with van der Waals surface area (Å²) in [6, 6.07) is 2.25. The third-order valence-corrected chi connectivity index (χ3v) is 4.43. The Morgan fingerprint density at radius 3 is 3.11 bits per heavy atom. The molecule has 0 saturated carbocycles. The molecule has 2 aliphatic heterocycles. The number of nitrogens with one attached hydrogen (secondary N) is 2. The highest BCUT2D eigenvalue weighted by atomic mass is 15.2. The molecule has 1 fully saturated rings. The van der Waals surface area contributed by atoms with Gasteiger partial charge in [-0.05, 0) is 44.9 Å². The van der Waals surface area contributed by atoms with Crippen LogP contribution in [-0.2, 0) is 6.54 Å². The van der Waals surface area contributed by atoms with Gasteiger partial charge in [-0.1, -0.05) is 12.2 Å². The molecule has 0 bridgehead atoms. The zero-order valence-corrected chi connectivity index (χ0v) is 11.4. The number of H-pyrrole nitrogens is 1. The van der Waals surface area contributed by atoms with Crippen LogP contribution in [0.1, 0.15) is 29.8 Å². The summed E-state index contributed by atoms with van der Waals surface area (Å²) in [5.74, 6) is 0. The fourth-order valence-corrected chi connectivity index (χ4v) is 3.46. The van der Waals surface area contributed by atoms with E-state index in [1.165, 1.54) is 36.3 Å². The second kappa shape index (κ2) is 4.56. The van der Waals surface area contributed by atoms with E-state index in [0.29, 0.717) is 5.54 Å².